The maximum atomic E-state index is 4.63. The van der Waals surface area contributed by atoms with Gasteiger partial charge in [-0.25, -0.2) is 4.98 Å². The van der Waals surface area contributed by atoms with Gasteiger partial charge in [0.15, 0.2) is 0 Å². The number of allylic oxidation sites excluding steroid dienone is 1. The number of nitrogens with one attached hydrogen (secondary N) is 1. The summed E-state index contributed by atoms with van der Waals surface area (Å²) in [6, 6.07) is 4.35. The lowest BCUT2D eigenvalue weighted by Gasteiger charge is -2.19. The first kappa shape index (κ1) is 16.7. The highest BCUT2D eigenvalue weighted by Gasteiger charge is 2.05. The number of pyridine rings is 1. The topological polar surface area (TPSA) is 28.2 Å². The fourth-order valence-electron chi connectivity index (χ4n) is 2.11. The highest BCUT2D eigenvalue weighted by Crippen LogP contribution is 2.14. The maximum Gasteiger partial charge on any atom is 0.128 e. The second kappa shape index (κ2) is 8.75. The van der Waals surface area contributed by atoms with Crippen molar-refractivity contribution in [1.82, 2.24) is 10.3 Å². The molecule has 0 atom stereocenters. The Morgan fingerprint density at radius 3 is 2.80 bits per heavy atom. The molecule has 1 N–H and O–H groups in total. The summed E-state index contributed by atoms with van der Waals surface area (Å²) >= 11 is 0. The van der Waals surface area contributed by atoms with Crippen LogP contribution < -0.4 is 10.2 Å². The van der Waals surface area contributed by atoms with Crippen LogP contribution in [0.1, 0.15) is 37.9 Å². The third-order valence-electron chi connectivity index (χ3n) is 3.17. The van der Waals surface area contributed by atoms with Crippen LogP contribution in [-0.4, -0.2) is 25.1 Å². The third kappa shape index (κ3) is 6.20. The number of aryl methyl sites for hydroxylation is 1. The summed E-state index contributed by atoms with van der Waals surface area (Å²) < 4.78 is 0. The Kier molecular flexibility index (Phi) is 7.31. The van der Waals surface area contributed by atoms with Crippen LogP contribution in [0.25, 0.3) is 0 Å². The van der Waals surface area contributed by atoms with Gasteiger partial charge in [0.1, 0.15) is 5.82 Å². The molecule has 1 aromatic rings. The summed E-state index contributed by atoms with van der Waals surface area (Å²) in [6.07, 6.45) is 4.15. The average molecular weight is 275 g/mol. The van der Waals surface area contributed by atoms with Gasteiger partial charge >= 0.3 is 0 Å². The van der Waals surface area contributed by atoms with E-state index in [9.17, 15) is 0 Å². The van der Waals surface area contributed by atoms with Crippen LogP contribution in [0, 0.1) is 12.8 Å². The minimum atomic E-state index is 0.680. The monoisotopic (exact) mass is 275 g/mol. The van der Waals surface area contributed by atoms with Gasteiger partial charge in [0.05, 0.1) is 0 Å². The van der Waals surface area contributed by atoms with E-state index in [1.165, 1.54) is 5.56 Å². The van der Waals surface area contributed by atoms with Crippen molar-refractivity contribution in [3.63, 3.8) is 0 Å². The van der Waals surface area contributed by atoms with Crippen molar-refractivity contribution in [3.05, 3.63) is 36.0 Å². The Labute approximate surface area is 124 Å². The number of aromatic nitrogens is 1. The normalized spacial score (nSPS) is 10.8. The van der Waals surface area contributed by atoms with Crippen LogP contribution in [-0.2, 0) is 6.54 Å². The Bertz CT molecular complexity index is 413. The minimum Gasteiger partial charge on any atom is -0.360 e. The van der Waals surface area contributed by atoms with E-state index in [-0.39, 0.29) is 0 Å². The van der Waals surface area contributed by atoms with E-state index in [0.29, 0.717) is 5.92 Å². The van der Waals surface area contributed by atoms with Gasteiger partial charge in [0.2, 0.25) is 0 Å². The first-order valence-corrected chi connectivity index (χ1v) is 7.53. The van der Waals surface area contributed by atoms with Crippen molar-refractivity contribution >= 4 is 5.82 Å². The van der Waals surface area contributed by atoms with Gasteiger partial charge in [-0.15, -0.1) is 6.58 Å². The van der Waals surface area contributed by atoms with Crippen LogP contribution >= 0.6 is 0 Å². The lowest BCUT2D eigenvalue weighted by molar-refractivity contribution is 0.552. The highest BCUT2D eigenvalue weighted by molar-refractivity contribution is 5.41. The molecule has 0 aliphatic heterocycles. The van der Waals surface area contributed by atoms with Crippen molar-refractivity contribution in [2.45, 2.75) is 40.2 Å². The van der Waals surface area contributed by atoms with Gasteiger partial charge < -0.3 is 10.2 Å². The zero-order valence-electron chi connectivity index (χ0n) is 13.4. The fraction of sp³-hybridized carbons (Fsp3) is 0.588. The molecule has 3 heteroatoms. The molecule has 0 fully saturated rings. The molecular formula is C17H29N3. The van der Waals surface area contributed by atoms with Gasteiger partial charge in [0.25, 0.3) is 0 Å². The van der Waals surface area contributed by atoms with Crippen molar-refractivity contribution in [2.24, 2.45) is 5.92 Å². The molecule has 1 heterocycles. The molecule has 0 amide bonds. The van der Waals surface area contributed by atoms with E-state index in [1.54, 1.807) is 0 Å². The van der Waals surface area contributed by atoms with Crippen molar-refractivity contribution < 1.29 is 0 Å². The van der Waals surface area contributed by atoms with E-state index in [0.717, 1.165) is 44.0 Å². The first-order valence-electron chi connectivity index (χ1n) is 7.53. The standard InChI is InChI=1S/C17H29N3/c1-6-7-8-9-20(5)17-11-16(10-15(4)19-17)13-18-12-14(2)3/h6,10-11,14,18H,1,7-9,12-13H2,2-5H3. The summed E-state index contributed by atoms with van der Waals surface area (Å²) in [7, 11) is 2.11. The number of rotatable bonds is 9. The zero-order chi connectivity index (χ0) is 15.0. The largest absolute Gasteiger partial charge is 0.360 e. The van der Waals surface area contributed by atoms with Crippen LogP contribution in [0.5, 0.6) is 0 Å². The lowest BCUT2D eigenvalue weighted by Crippen LogP contribution is -2.22. The molecule has 1 rings (SSSR count). The quantitative estimate of drug-likeness (QED) is 0.552. The molecule has 0 unspecified atom stereocenters. The molecule has 0 spiro atoms. The maximum absolute atomic E-state index is 4.63. The highest BCUT2D eigenvalue weighted by atomic mass is 15.2. The molecule has 0 bridgehead atoms. The number of unbranched alkanes of at least 4 members (excludes halogenated alkanes) is 1. The fourth-order valence-corrected chi connectivity index (χ4v) is 2.11. The second-order valence-corrected chi connectivity index (χ2v) is 5.85. The van der Waals surface area contributed by atoms with E-state index in [2.05, 4.69) is 61.7 Å². The second-order valence-electron chi connectivity index (χ2n) is 5.85. The Morgan fingerprint density at radius 2 is 2.15 bits per heavy atom. The van der Waals surface area contributed by atoms with Gasteiger partial charge in [0, 0.05) is 25.8 Å². The summed E-state index contributed by atoms with van der Waals surface area (Å²) in [5, 5.41) is 3.49. The van der Waals surface area contributed by atoms with E-state index >= 15 is 0 Å². The smallest absolute Gasteiger partial charge is 0.128 e. The van der Waals surface area contributed by atoms with Gasteiger partial charge in [-0.1, -0.05) is 19.9 Å². The van der Waals surface area contributed by atoms with E-state index < -0.39 is 0 Å². The SMILES string of the molecule is C=CCCCN(C)c1cc(CNCC(C)C)cc(C)n1. The molecular weight excluding hydrogens is 246 g/mol. The third-order valence-corrected chi connectivity index (χ3v) is 3.17. The predicted molar refractivity (Wildman–Crippen MR) is 88.2 cm³/mol. The van der Waals surface area contributed by atoms with Crippen LogP contribution in [0.3, 0.4) is 0 Å². The molecule has 0 aromatic carbocycles. The van der Waals surface area contributed by atoms with Crippen molar-refractivity contribution in [1.29, 1.82) is 0 Å². The van der Waals surface area contributed by atoms with Gasteiger partial charge in [-0.2, -0.15) is 0 Å². The minimum absolute atomic E-state index is 0.680. The number of nitrogens with zero attached hydrogens (tertiary/aromatic N) is 2. The van der Waals surface area contributed by atoms with E-state index in [4.69, 9.17) is 0 Å². The molecule has 0 saturated carbocycles. The van der Waals surface area contributed by atoms with E-state index in [1.807, 2.05) is 6.08 Å². The summed E-state index contributed by atoms with van der Waals surface area (Å²) in [6.45, 7) is 13.3. The number of anilines is 1. The Hall–Kier alpha value is -1.35. The summed E-state index contributed by atoms with van der Waals surface area (Å²) in [4.78, 5) is 6.85. The molecule has 0 saturated heterocycles. The Balaban J connectivity index is 2.62. The number of hydrogen-bond donors (Lipinski definition) is 1. The van der Waals surface area contributed by atoms with Crippen molar-refractivity contribution in [2.75, 3.05) is 25.0 Å². The first-order chi connectivity index (χ1) is 9.52. The molecule has 0 aliphatic rings. The van der Waals surface area contributed by atoms with Crippen molar-refractivity contribution in [3.8, 4) is 0 Å². The van der Waals surface area contributed by atoms with Gasteiger partial charge in [-0.3, -0.25) is 0 Å². The van der Waals surface area contributed by atoms with Gasteiger partial charge in [-0.05, 0) is 49.9 Å². The molecule has 0 radical (unpaired) electrons. The van der Waals surface area contributed by atoms with Crippen LogP contribution in [0.15, 0.2) is 24.8 Å². The van der Waals surface area contributed by atoms with Crippen LogP contribution in [0.4, 0.5) is 5.82 Å². The number of hydrogen-bond acceptors (Lipinski definition) is 3. The molecule has 0 aliphatic carbocycles. The molecule has 20 heavy (non-hydrogen) atoms. The Morgan fingerprint density at radius 1 is 1.40 bits per heavy atom. The lowest BCUT2D eigenvalue weighted by atomic mass is 10.2. The molecule has 112 valence electrons. The van der Waals surface area contributed by atoms with Crippen LogP contribution in [0.2, 0.25) is 0 Å². The summed E-state index contributed by atoms with van der Waals surface area (Å²) in [5.41, 5.74) is 2.39. The molecule has 3 nitrogen and oxygen atoms in total. The summed E-state index contributed by atoms with van der Waals surface area (Å²) in [5.74, 6) is 1.74. The predicted octanol–water partition coefficient (Wildman–Crippen LogP) is 3.54. The molecule has 1 aromatic heterocycles. The average Bonchev–Trinajstić information content (AvgIpc) is 2.37. The zero-order valence-corrected chi connectivity index (χ0v) is 13.4.